The maximum absolute atomic E-state index is 12.6. The third kappa shape index (κ3) is 2.41. The number of hydrogen-bond donors (Lipinski definition) is 0. The van der Waals surface area contributed by atoms with Crippen molar-refractivity contribution in [1.82, 2.24) is 14.8 Å². The number of likely N-dealkylation sites (tertiary alicyclic amines) is 2. The molecule has 0 aromatic carbocycles. The molecule has 0 saturated carbocycles. The first-order valence-corrected chi connectivity index (χ1v) is 7.98. The summed E-state index contributed by atoms with van der Waals surface area (Å²) in [5.74, 6) is 0.132. The average molecular weight is 279 g/mol. The summed E-state index contributed by atoms with van der Waals surface area (Å²) in [6.45, 7) is 4.01. The molecule has 3 rings (SSSR count). The molecule has 4 nitrogen and oxygen atoms in total. The van der Waals surface area contributed by atoms with Crippen LogP contribution >= 0.6 is 11.3 Å². The Kier molecular flexibility index (Phi) is 3.58. The predicted octanol–water partition coefficient (Wildman–Crippen LogP) is 2.15. The summed E-state index contributed by atoms with van der Waals surface area (Å²) < 4.78 is 0. The van der Waals surface area contributed by atoms with Crippen molar-refractivity contribution in [3.63, 3.8) is 0 Å². The van der Waals surface area contributed by atoms with E-state index in [1.54, 1.807) is 11.3 Å². The highest BCUT2D eigenvalue weighted by Crippen LogP contribution is 2.30. The summed E-state index contributed by atoms with van der Waals surface area (Å²) in [6.07, 6.45) is 4.75. The summed E-state index contributed by atoms with van der Waals surface area (Å²) in [6, 6.07) is 0.938. The molecular weight excluding hydrogens is 258 g/mol. The quantitative estimate of drug-likeness (QED) is 0.832. The van der Waals surface area contributed by atoms with Gasteiger partial charge in [0.05, 0.1) is 5.01 Å². The Bertz CT molecular complexity index is 473. The van der Waals surface area contributed by atoms with E-state index in [0.717, 1.165) is 24.4 Å². The van der Waals surface area contributed by atoms with E-state index in [1.165, 1.54) is 19.4 Å². The number of carbonyl (C=O) groups excluding carboxylic acids is 1. The molecule has 0 aliphatic carbocycles. The van der Waals surface area contributed by atoms with E-state index < -0.39 is 0 Å². The molecule has 0 spiro atoms. The Morgan fingerprint density at radius 1 is 1.32 bits per heavy atom. The topological polar surface area (TPSA) is 36.4 Å². The van der Waals surface area contributed by atoms with E-state index in [9.17, 15) is 4.79 Å². The van der Waals surface area contributed by atoms with Crippen LogP contribution in [0.2, 0.25) is 0 Å². The number of aromatic nitrogens is 1. The van der Waals surface area contributed by atoms with Crippen LogP contribution in [0.5, 0.6) is 0 Å². The third-order valence-electron chi connectivity index (χ3n) is 4.42. The number of thiazole rings is 1. The van der Waals surface area contributed by atoms with Gasteiger partial charge < -0.3 is 9.80 Å². The fourth-order valence-electron chi connectivity index (χ4n) is 3.48. The SMILES string of the molecule is Cc1nc(C(=O)N2CCCC2C2CCCN2C)cs1. The highest BCUT2D eigenvalue weighted by atomic mass is 32.1. The molecule has 1 aromatic heterocycles. The fraction of sp³-hybridized carbons (Fsp3) is 0.714. The van der Waals surface area contributed by atoms with Crippen LogP contribution < -0.4 is 0 Å². The Morgan fingerprint density at radius 2 is 2.05 bits per heavy atom. The normalized spacial score (nSPS) is 28.2. The summed E-state index contributed by atoms with van der Waals surface area (Å²) in [5.41, 5.74) is 0.634. The zero-order valence-corrected chi connectivity index (χ0v) is 12.4. The lowest BCUT2D eigenvalue weighted by molar-refractivity contribution is 0.0659. The molecular formula is C14H21N3OS. The Hall–Kier alpha value is -0.940. The molecule has 5 heteroatoms. The van der Waals surface area contributed by atoms with Crippen molar-refractivity contribution in [2.75, 3.05) is 20.1 Å². The average Bonchev–Trinajstić information content (AvgIpc) is 3.07. The van der Waals surface area contributed by atoms with Gasteiger partial charge in [-0.1, -0.05) is 0 Å². The molecule has 2 saturated heterocycles. The molecule has 3 heterocycles. The first-order valence-electron chi connectivity index (χ1n) is 7.10. The smallest absolute Gasteiger partial charge is 0.273 e. The Labute approximate surface area is 118 Å². The first kappa shape index (κ1) is 13.1. The highest BCUT2D eigenvalue weighted by molar-refractivity contribution is 7.09. The summed E-state index contributed by atoms with van der Waals surface area (Å²) in [4.78, 5) is 21.4. The van der Waals surface area contributed by atoms with Crippen molar-refractivity contribution in [3.05, 3.63) is 16.1 Å². The number of aryl methyl sites for hydroxylation is 1. The van der Waals surface area contributed by atoms with Crippen molar-refractivity contribution in [1.29, 1.82) is 0 Å². The van der Waals surface area contributed by atoms with Gasteiger partial charge in [-0.05, 0) is 46.2 Å². The molecule has 1 aromatic rings. The second-order valence-corrected chi connectivity index (χ2v) is 6.71. The molecule has 0 radical (unpaired) electrons. The number of nitrogens with zero attached hydrogens (tertiary/aromatic N) is 3. The molecule has 104 valence electrons. The minimum absolute atomic E-state index is 0.132. The standard InChI is InChI=1S/C14H21N3OS/c1-10-15-11(9-19-10)14(18)17-8-4-6-13(17)12-5-3-7-16(12)2/h9,12-13H,3-8H2,1-2H3. The van der Waals surface area contributed by atoms with Gasteiger partial charge in [-0.15, -0.1) is 11.3 Å². The van der Waals surface area contributed by atoms with Crippen LogP contribution in [-0.2, 0) is 0 Å². The van der Waals surface area contributed by atoms with Crippen molar-refractivity contribution in [3.8, 4) is 0 Å². The highest BCUT2D eigenvalue weighted by Gasteiger charge is 2.39. The van der Waals surface area contributed by atoms with Gasteiger partial charge >= 0.3 is 0 Å². The summed E-state index contributed by atoms with van der Waals surface area (Å²) >= 11 is 1.56. The molecule has 19 heavy (non-hydrogen) atoms. The molecule has 2 atom stereocenters. The minimum Gasteiger partial charge on any atom is -0.333 e. The van der Waals surface area contributed by atoms with Crippen molar-refractivity contribution < 1.29 is 4.79 Å². The number of amides is 1. The molecule has 0 N–H and O–H groups in total. The van der Waals surface area contributed by atoms with Gasteiger partial charge in [0.2, 0.25) is 0 Å². The molecule has 2 aliphatic rings. The number of carbonyl (C=O) groups is 1. The Balaban J connectivity index is 1.77. The second kappa shape index (κ2) is 5.21. The van der Waals surface area contributed by atoms with Gasteiger partial charge in [0.25, 0.3) is 5.91 Å². The second-order valence-electron chi connectivity index (χ2n) is 5.65. The van der Waals surface area contributed by atoms with Crippen LogP contribution in [0, 0.1) is 6.92 Å². The van der Waals surface area contributed by atoms with Gasteiger partial charge in [-0.25, -0.2) is 4.98 Å². The van der Waals surface area contributed by atoms with Crippen molar-refractivity contribution in [2.45, 2.75) is 44.7 Å². The molecule has 1 amide bonds. The number of likely N-dealkylation sites (N-methyl/N-ethyl adjacent to an activating group) is 1. The minimum atomic E-state index is 0.132. The van der Waals surface area contributed by atoms with Gasteiger partial charge in [0, 0.05) is 24.0 Å². The summed E-state index contributed by atoms with van der Waals surface area (Å²) in [7, 11) is 2.19. The van der Waals surface area contributed by atoms with E-state index >= 15 is 0 Å². The zero-order chi connectivity index (χ0) is 13.4. The fourth-order valence-corrected chi connectivity index (χ4v) is 4.06. The zero-order valence-electron chi connectivity index (χ0n) is 11.6. The lowest BCUT2D eigenvalue weighted by atomic mass is 10.0. The monoisotopic (exact) mass is 279 g/mol. The molecule has 0 bridgehead atoms. The van der Waals surface area contributed by atoms with Crippen LogP contribution in [0.3, 0.4) is 0 Å². The van der Waals surface area contributed by atoms with E-state index in [2.05, 4.69) is 21.8 Å². The van der Waals surface area contributed by atoms with Gasteiger partial charge in [0.15, 0.2) is 0 Å². The number of hydrogen-bond acceptors (Lipinski definition) is 4. The van der Waals surface area contributed by atoms with Crippen LogP contribution in [0.15, 0.2) is 5.38 Å². The maximum Gasteiger partial charge on any atom is 0.273 e. The number of rotatable bonds is 2. The lowest BCUT2D eigenvalue weighted by Gasteiger charge is -2.32. The van der Waals surface area contributed by atoms with Gasteiger partial charge in [-0.3, -0.25) is 4.79 Å². The largest absolute Gasteiger partial charge is 0.333 e. The van der Waals surface area contributed by atoms with E-state index in [0.29, 0.717) is 17.8 Å². The van der Waals surface area contributed by atoms with Gasteiger partial charge in [0.1, 0.15) is 5.69 Å². The van der Waals surface area contributed by atoms with Crippen LogP contribution in [-0.4, -0.2) is 52.9 Å². The summed E-state index contributed by atoms with van der Waals surface area (Å²) in [5, 5.41) is 2.86. The van der Waals surface area contributed by atoms with E-state index in [4.69, 9.17) is 0 Å². The van der Waals surface area contributed by atoms with E-state index in [-0.39, 0.29) is 5.91 Å². The molecule has 2 unspecified atom stereocenters. The van der Waals surface area contributed by atoms with Crippen molar-refractivity contribution in [2.24, 2.45) is 0 Å². The van der Waals surface area contributed by atoms with Crippen LogP contribution in [0.25, 0.3) is 0 Å². The Morgan fingerprint density at radius 3 is 2.68 bits per heavy atom. The predicted molar refractivity (Wildman–Crippen MR) is 76.6 cm³/mol. The molecule has 2 fully saturated rings. The van der Waals surface area contributed by atoms with Crippen molar-refractivity contribution >= 4 is 17.2 Å². The van der Waals surface area contributed by atoms with Crippen LogP contribution in [0.1, 0.15) is 41.2 Å². The van der Waals surface area contributed by atoms with Gasteiger partial charge in [-0.2, -0.15) is 0 Å². The third-order valence-corrected chi connectivity index (χ3v) is 5.19. The maximum atomic E-state index is 12.6. The van der Waals surface area contributed by atoms with E-state index in [1.807, 2.05) is 12.3 Å². The van der Waals surface area contributed by atoms with Crippen LogP contribution in [0.4, 0.5) is 0 Å². The first-order chi connectivity index (χ1) is 9.16. The lowest BCUT2D eigenvalue weighted by Crippen LogP contribution is -2.47. The molecule has 2 aliphatic heterocycles.